The van der Waals surface area contributed by atoms with E-state index in [1.54, 1.807) is 11.8 Å². The van der Waals surface area contributed by atoms with Gasteiger partial charge in [-0.1, -0.05) is 34.9 Å². The molecule has 0 aliphatic heterocycles. The van der Waals surface area contributed by atoms with Gasteiger partial charge in [-0.3, -0.25) is 19.2 Å². The van der Waals surface area contributed by atoms with Crippen LogP contribution in [0, 0.1) is 0 Å². The van der Waals surface area contributed by atoms with E-state index in [2.05, 4.69) is 61.9 Å². The van der Waals surface area contributed by atoms with E-state index in [-0.39, 0.29) is 31.3 Å². The Morgan fingerprint density at radius 3 is 1.95 bits per heavy atom. The van der Waals surface area contributed by atoms with Crippen molar-refractivity contribution >= 4 is 36.5 Å². The third-order valence-electron chi connectivity index (χ3n) is 4.72. The molecule has 0 bridgehead atoms. The molecule has 0 saturated carbocycles. The zero-order valence-electron chi connectivity index (χ0n) is 23.8. The van der Waals surface area contributed by atoms with Gasteiger partial charge in [-0.2, -0.15) is 11.8 Å². The average Bonchev–Trinajstić information content (AvgIpc) is 2.80. The fraction of sp³-hybridized carbons (Fsp3) is 0.630. The molecule has 0 saturated heterocycles. The van der Waals surface area contributed by atoms with Crippen LogP contribution >= 0.6 is 11.8 Å². The van der Waals surface area contributed by atoms with E-state index < -0.39 is 11.9 Å². The Morgan fingerprint density at radius 2 is 1.46 bits per heavy atom. The van der Waals surface area contributed by atoms with Gasteiger partial charge in [-0.25, -0.2) is 0 Å². The maximum atomic E-state index is 12.0. The number of carbonyl (C=O) groups is 4. The van der Waals surface area contributed by atoms with Gasteiger partial charge in [-0.15, -0.1) is 0 Å². The van der Waals surface area contributed by atoms with Crippen LogP contribution in [0.3, 0.4) is 0 Å². The Bertz CT molecular complexity index is 720. The van der Waals surface area contributed by atoms with Crippen LogP contribution in [0.5, 0.6) is 0 Å². The van der Waals surface area contributed by atoms with Crippen LogP contribution in [0.2, 0.25) is 0 Å². The molecule has 3 amide bonds. The number of carbonyl (C=O) groups excluding carboxylic acids is 3. The quantitative estimate of drug-likeness (QED) is 0.107. The van der Waals surface area contributed by atoms with Crippen molar-refractivity contribution in [2.24, 2.45) is 5.73 Å². The third kappa shape index (κ3) is 31.4. The highest BCUT2D eigenvalue weighted by atomic mass is 32.2. The third-order valence-corrected chi connectivity index (χ3v) is 5.86. The lowest BCUT2D eigenvalue weighted by Crippen LogP contribution is -2.42. The van der Waals surface area contributed by atoms with Crippen molar-refractivity contribution in [1.29, 1.82) is 0 Å². The molecule has 37 heavy (non-hydrogen) atoms. The fourth-order valence-electron chi connectivity index (χ4n) is 2.84. The van der Waals surface area contributed by atoms with Gasteiger partial charge in [0, 0.05) is 24.0 Å². The van der Waals surface area contributed by atoms with Crippen LogP contribution in [0.4, 0.5) is 0 Å². The van der Waals surface area contributed by atoms with E-state index >= 15 is 0 Å². The SMILES string of the molecule is CC(C)=CCC/C(C)=C/CC/C(C)=C/CSCC(C)NC(=O)CCC(NC=O)C(N)=O.CNC.O=CO. The molecule has 0 aliphatic carbocycles. The van der Waals surface area contributed by atoms with E-state index in [9.17, 15) is 14.4 Å². The predicted molar refractivity (Wildman–Crippen MR) is 155 cm³/mol. The average molecular weight is 543 g/mol. The molecule has 0 aliphatic rings. The summed E-state index contributed by atoms with van der Waals surface area (Å²) in [6, 6.07) is -0.777. The molecule has 0 radical (unpaired) electrons. The molecule has 6 N–H and O–H groups in total. The lowest BCUT2D eigenvalue weighted by molar-refractivity contribution is -0.124. The molecular weight excluding hydrogens is 492 g/mol. The van der Waals surface area contributed by atoms with Gasteiger partial charge in [0.15, 0.2) is 0 Å². The summed E-state index contributed by atoms with van der Waals surface area (Å²) in [4.78, 5) is 42.0. The number of amides is 3. The number of carboxylic acid groups (broad SMARTS) is 1. The molecule has 9 nitrogen and oxygen atoms in total. The predicted octanol–water partition coefficient (Wildman–Crippen LogP) is 3.56. The Kier molecular flexibility index (Phi) is 29.4. The van der Waals surface area contributed by atoms with Crippen LogP contribution in [-0.4, -0.2) is 67.5 Å². The van der Waals surface area contributed by atoms with Crippen molar-refractivity contribution < 1.29 is 24.3 Å². The van der Waals surface area contributed by atoms with Gasteiger partial charge in [0.2, 0.25) is 18.2 Å². The first-order chi connectivity index (χ1) is 17.5. The highest BCUT2D eigenvalue weighted by Gasteiger charge is 2.16. The summed E-state index contributed by atoms with van der Waals surface area (Å²) in [6.07, 6.45) is 12.0. The van der Waals surface area contributed by atoms with Crippen LogP contribution in [0.25, 0.3) is 0 Å². The minimum absolute atomic E-state index is 0.0312. The smallest absolute Gasteiger partial charge is 0.290 e. The molecule has 2 unspecified atom stereocenters. The number of nitrogens with two attached hydrogens (primary N) is 1. The molecule has 0 spiro atoms. The van der Waals surface area contributed by atoms with Crippen LogP contribution in [-0.2, 0) is 19.2 Å². The maximum Gasteiger partial charge on any atom is 0.290 e. The number of hydrogen-bond donors (Lipinski definition) is 5. The first-order valence-electron chi connectivity index (χ1n) is 12.5. The van der Waals surface area contributed by atoms with E-state index in [1.165, 1.54) is 16.7 Å². The molecule has 214 valence electrons. The van der Waals surface area contributed by atoms with Gasteiger partial charge in [-0.05, 0) is 80.8 Å². The van der Waals surface area contributed by atoms with Crippen molar-refractivity contribution in [2.75, 3.05) is 25.6 Å². The first-order valence-corrected chi connectivity index (χ1v) is 13.6. The summed E-state index contributed by atoms with van der Waals surface area (Å²) in [5, 5.41) is 14.9. The summed E-state index contributed by atoms with van der Waals surface area (Å²) in [7, 11) is 3.75. The number of rotatable bonds is 17. The minimum atomic E-state index is -0.808. The Labute approximate surface area is 228 Å². The lowest BCUT2D eigenvalue weighted by Gasteiger charge is -2.15. The molecule has 0 rings (SSSR count). The molecule has 10 heteroatoms. The van der Waals surface area contributed by atoms with Gasteiger partial charge in [0.1, 0.15) is 6.04 Å². The normalized spacial score (nSPS) is 12.4. The van der Waals surface area contributed by atoms with Crippen molar-refractivity contribution in [1.82, 2.24) is 16.0 Å². The van der Waals surface area contributed by atoms with Gasteiger partial charge >= 0.3 is 0 Å². The molecule has 0 fully saturated rings. The van der Waals surface area contributed by atoms with Crippen molar-refractivity contribution in [3.8, 4) is 0 Å². The number of nitrogens with one attached hydrogen (secondary N) is 3. The number of thioether (sulfide) groups is 1. The number of primary amides is 1. The van der Waals surface area contributed by atoms with E-state index in [1.807, 2.05) is 21.0 Å². The largest absolute Gasteiger partial charge is 0.483 e. The monoisotopic (exact) mass is 542 g/mol. The zero-order chi connectivity index (χ0) is 29.1. The summed E-state index contributed by atoms with van der Waals surface area (Å²) in [5.41, 5.74) is 9.40. The van der Waals surface area contributed by atoms with E-state index in [4.69, 9.17) is 15.6 Å². The Balaban J connectivity index is -0.00000174. The van der Waals surface area contributed by atoms with Gasteiger partial charge in [0.05, 0.1) is 0 Å². The summed E-state index contributed by atoms with van der Waals surface area (Å²) >= 11 is 1.78. The van der Waals surface area contributed by atoms with Crippen LogP contribution in [0.15, 0.2) is 34.9 Å². The minimum Gasteiger partial charge on any atom is -0.483 e. The number of allylic oxidation sites excluding steroid dienone is 5. The van der Waals surface area contributed by atoms with Crippen molar-refractivity contribution in [3.63, 3.8) is 0 Å². The van der Waals surface area contributed by atoms with E-state index in [0.717, 1.165) is 37.2 Å². The standard InChI is InChI=1S/C24H41N3O3S.C2H7N.CH2O2/c1-18(2)8-6-9-19(3)10-7-11-20(4)14-15-31-16-21(5)27-23(29)13-12-22(24(25)30)26-17-28;1-3-2;2-1-3/h8,10,14,17,21-22H,6-7,9,11-13,15-16H2,1-5H3,(H2,25,30)(H,26,28)(H,27,29);3H,1-2H3;1H,(H,2,3)/b19-10+,20-14+;;. The summed E-state index contributed by atoms with van der Waals surface area (Å²) in [5.74, 6) is 0.943. The lowest BCUT2D eigenvalue weighted by atomic mass is 10.1. The Hall–Kier alpha value is -2.59. The molecule has 2 atom stereocenters. The molecule has 0 heterocycles. The second kappa shape index (κ2) is 28.0. The van der Waals surface area contributed by atoms with Crippen LogP contribution in [0.1, 0.15) is 73.1 Å². The zero-order valence-corrected chi connectivity index (χ0v) is 24.6. The molecular formula is C27H50N4O5S. The second-order valence-electron chi connectivity index (χ2n) is 8.85. The molecule has 0 aromatic carbocycles. The summed E-state index contributed by atoms with van der Waals surface area (Å²) in [6.45, 7) is 10.4. The molecule has 0 aromatic rings. The number of hydrogen-bond acceptors (Lipinski definition) is 6. The van der Waals surface area contributed by atoms with Gasteiger partial charge < -0.3 is 26.8 Å². The fourth-order valence-corrected chi connectivity index (χ4v) is 3.81. The maximum absolute atomic E-state index is 12.0. The Morgan fingerprint density at radius 1 is 0.946 bits per heavy atom. The van der Waals surface area contributed by atoms with Crippen molar-refractivity contribution in [3.05, 3.63) is 34.9 Å². The van der Waals surface area contributed by atoms with Crippen molar-refractivity contribution in [2.45, 2.75) is 85.2 Å². The second-order valence-corrected chi connectivity index (χ2v) is 9.92. The topological polar surface area (TPSA) is 151 Å². The van der Waals surface area contributed by atoms with Crippen LogP contribution < -0.4 is 21.7 Å². The summed E-state index contributed by atoms with van der Waals surface area (Å²) < 4.78 is 0. The highest BCUT2D eigenvalue weighted by Crippen LogP contribution is 2.13. The highest BCUT2D eigenvalue weighted by molar-refractivity contribution is 7.99. The van der Waals surface area contributed by atoms with E-state index in [0.29, 0.717) is 6.41 Å². The van der Waals surface area contributed by atoms with Gasteiger partial charge in [0.25, 0.3) is 6.47 Å². The molecule has 0 aromatic heterocycles. The first kappa shape index (κ1) is 38.9.